The number of ether oxygens (including phenoxy) is 1. The lowest BCUT2D eigenvalue weighted by Gasteiger charge is -2.18. The van der Waals surface area contributed by atoms with Crippen LogP contribution in [0.1, 0.15) is 29.7 Å². The van der Waals surface area contributed by atoms with E-state index >= 15 is 0 Å². The van der Waals surface area contributed by atoms with Crippen molar-refractivity contribution in [1.29, 1.82) is 0 Å². The highest BCUT2D eigenvalue weighted by Gasteiger charge is 2.35. The van der Waals surface area contributed by atoms with Gasteiger partial charge in [0, 0.05) is 12.8 Å². The maximum atomic E-state index is 13.4. The number of hydrogen-bond acceptors (Lipinski definition) is 8. The van der Waals surface area contributed by atoms with Gasteiger partial charge in [0.15, 0.2) is 0 Å². The predicted octanol–water partition coefficient (Wildman–Crippen LogP) is 3.59. The fourth-order valence-corrected chi connectivity index (χ4v) is 5.20. The summed E-state index contributed by atoms with van der Waals surface area (Å²) < 4.78 is 13.0. The van der Waals surface area contributed by atoms with Gasteiger partial charge in [-0.2, -0.15) is 0 Å². The van der Waals surface area contributed by atoms with Gasteiger partial charge in [-0.1, -0.05) is 30.0 Å². The van der Waals surface area contributed by atoms with Gasteiger partial charge in [-0.05, 0) is 49.6 Å². The molecule has 1 N–H and O–H groups in total. The van der Waals surface area contributed by atoms with Crippen molar-refractivity contribution in [2.75, 3.05) is 18.5 Å². The largest absolute Gasteiger partial charge is 0.467 e. The minimum Gasteiger partial charge on any atom is -0.467 e. The van der Waals surface area contributed by atoms with Gasteiger partial charge in [0.1, 0.15) is 21.5 Å². The molecule has 2 saturated heterocycles. The van der Waals surface area contributed by atoms with Gasteiger partial charge in [-0.3, -0.25) is 18.9 Å². The molecule has 10 heteroatoms. The highest BCUT2D eigenvalue weighted by molar-refractivity contribution is 8.26. The number of carbonyl (C=O) groups excluding carboxylic acids is 1. The van der Waals surface area contributed by atoms with Crippen LogP contribution in [0.5, 0.6) is 0 Å². The topological polar surface area (TPSA) is 89.1 Å². The summed E-state index contributed by atoms with van der Waals surface area (Å²) in [5.74, 6) is 0.872. The molecule has 2 fully saturated rings. The molecular weight excluding hydrogens is 460 g/mol. The highest BCUT2D eigenvalue weighted by Crippen LogP contribution is 2.34. The molecule has 1 unspecified atom stereocenters. The molecule has 2 aliphatic heterocycles. The highest BCUT2D eigenvalue weighted by atomic mass is 32.2. The van der Waals surface area contributed by atoms with Crippen LogP contribution in [-0.2, 0) is 16.1 Å². The number of anilines is 1. The Morgan fingerprint density at radius 1 is 1.33 bits per heavy atom. The van der Waals surface area contributed by atoms with Gasteiger partial charge in [-0.25, -0.2) is 4.98 Å². The zero-order valence-electron chi connectivity index (χ0n) is 17.9. The summed E-state index contributed by atoms with van der Waals surface area (Å²) in [6.07, 6.45) is 6.74. The molecule has 0 spiro atoms. The molecule has 5 heterocycles. The standard InChI is InChI=1S/C23H22N4O4S2/c1-14-5-2-8-26-20(14)25-19(24-12-15-6-3-9-30-15)17(21(26)28)11-18-22(29)27(23(32)33-18)13-16-7-4-10-31-16/h2-3,5-6,8-9,11,16,24H,4,7,10,12-13H2,1H3/b18-11+. The van der Waals surface area contributed by atoms with E-state index in [1.54, 1.807) is 35.6 Å². The van der Waals surface area contributed by atoms with Crippen LogP contribution >= 0.6 is 24.0 Å². The minimum absolute atomic E-state index is 0.00620. The van der Waals surface area contributed by atoms with Crippen molar-refractivity contribution in [1.82, 2.24) is 14.3 Å². The molecule has 170 valence electrons. The third kappa shape index (κ3) is 4.33. The number of aryl methyl sites for hydroxylation is 1. The zero-order chi connectivity index (χ0) is 22.9. The number of thioether (sulfide) groups is 1. The number of aromatic nitrogens is 2. The molecule has 5 rings (SSSR count). The van der Waals surface area contributed by atoms with E-state index in [4.69, 9.17) is 26.4 Å². The summed E-state index contributed by atoms with van der Waals surface area (Å²) in [6, 6.07) is 7.33. The Balaban J connectivity index is 1.53. The number of furan rings is 1. The van der Waals surface area contributed by atoms with E-state index in [-0.39, 0.29) is 17.6 Å². The van der Waals surface area contributed by atoms with E-state index in [0.717, 1.165) is 18.4 Å². The number of rotatable bonds is 6. The van der Waals surface area contributed by atoms with Crippen molar-refractivity contribution in [2.24, 2.45) is 0 Å². The maximum absolute atomic E-state index is 13.4. The second-order valence-electron chi connectivity index (χ2n) is 7.92. The van der Waals surface area contributed by atoms with Crippen molar-refractivity contribution in [3.05, 3.63) is 68.9 Å². The average molecular weight is 483 g/mol. The Labute approximate surface area is 199 Å². The molecule has 0 aromatic carbocycles. The molecule has 0 saturated carbocycles. The molecule has 0 aliphatic carbocycles. The van der Waals surface area contributed by atoms with Gasteiger partial charge in [0.25, 0.3) is 11.5 Å². The number of fused-ring (bicyclic) bond motifs is 1. The Hall–Kier alpha value is -2.95. The molecule has 0 bridgehead atoms. The molecule has 33 heavy (non-hydrogen) atoms. The SMILES string of the molecule is Cc1cccn2c(=O)c(/C=C3/SC(=S)N(CC4CCCO4)C3=O)c(NCc3ccco3)nc12. The van der Waals surface area contributed by atoms with Gasteiger partial charge in [0.05, 0.1) is 35.9 Å². The lowest BCUT2D eigenvalue weighted by Crippen LogP contribution is -2.35. The summed E-state index contributed by atoms with van der Waals surface area (Å²) in [4.78, 5) is 33.2. The average Bonchev–Trinajstić information content (AvgIpc) is 3.55. The Morgan fingerprint density at radius 3 is 2.97 bits per heavy atom. The third-order valence-electron chi connectivity index (χ3n) is 5.65. The van der Waals surface area contributed by atoms with Gasteiger partial charge >= 0.3 is 0 Å². The zero-order valence-corrected chi connectivity index (χ0v) is 19.6. The first-order chi connectivity index (χ1) is 16.0. The number of nitrogens with zero attached hydrogens (tertiary/aromatic N) is 3. The summed E-state index contributed by atoms with van der Waals surface area (Å²) in [5, 5.41) is 3.20. The van der Waals surface area contributed by atoms with Crippen LogP contribution in [0, 0.1) is 6.92 Å². The maximum Gasteiger partial charge on any atom is 0.267 e. The van der Waals surface area contributed by atoms with Crippen molar-refractivity contribution < 1.29 is 13.9 Å². The fourth-order valence-electron chi connectivity index (χ4n) is 3.94. The summed E-state index contributed by atoms with van der Waals surface area (Å²) >= 11 is 6.65. The number of hydrogen-bond donors (Lipinski definition) is 1. The van der Waals surface area contributed by atoms with E-state index in [1.165, 1.54) is 16.2 Å². The van der Waals surface area contributed by atoms with Crippen molar-refractivity contribution in [2.45, 2.75) is 32.4 Å². The smallest absolute Gasteiger partial charge is 0.267 e. The van der Waals surface area contributed by atoms with Crippen LogP contribution in [0.2, 0.25) is 0 Å². The van der Waals surface area contributed by atoms with Crippen molar-refractivity contribution in [3.8, 4) is 0 Å². The quantitative estimate of drug-likeness (QED) is 0.421. The fraction of sp³-hybridized carbons (Fsp3) is 0.304. The van der Waals surface area contributed by atoms with Gasteiger partial charge in [0.2, 0.25) is 0 Å². The van der Waals surface area contributed by atoms with Crippen LogP contribution in [0.4, 0.5) is 5.82 Å². The molecule has 3 aromatic rings. The lowest BCUT2D eigenvalue weighted by atomic mass is 10.2. The van der Waals surface area contributed by atoms with E-state index in [9.17, 15) is 9.59 Å². The number of thiocarbonyl (C=S) groups is 1. The lowest BCUT2D eigenvalue weighted by molar-refractivity contribution is -0.123. The first kappa shape index (κ1) is 21.9. The van der Waals surface area contributed by atoms with Crippen LogP contribution in [0.15, 0.2) is 50.8 Å². The van der Waals surface area contributed by atoms with Crippen molar-refractivity contribution >= 4 is 51.7 Å². The third-order valence-corrected chi connectivity index (χ3v) is 7.03. The minimum atomic E-state index is -0.268. The Kier molecular flexibility index (Phi) is 6.05. The van der Waals surface area contributed by atoms with Crippen LogP contribution in [0.25, 0.3) is 11.7 Å². The number of amides is 1. The first-order valence-electron chi connectivity index (χ1n) is 10.7. The number of pyridine rings is 1. The molecule has 1 amide bonds. The second kappa shape index (κ2) is 9.12. The summed E-state index contributed by atoms with van der Waals surface area (Å²) in [5.41, 5.74) is 1.44. The molecule has 2 aliphatic rings. The van der Waals surface area contributed by atoms with E-state index in [0.29, 0.717) is 51.7 Å². The van der Waals surface area contributed by atoms with Gasteiger partial charge < -0.3 is 14.5 Å². The summed E-state index contributed by atoms with van der Waals surface area (Å²) in [7, 11) is 0. The van der Waals surface area contributed by atoms with Crippen LogP contribution in [-0.4, -0.2) is 43.8 Å². The summed E-state index contributed by atoms with van der Waals surface area (Å²) in [6.45, 7) is 3.38. The van der Waals surface area contributed by atoms with Crippen LogP contribution < -0.4 is 10.9 Å². The Bertz CT molecular complexity index is 1310. The van der Waals surface area contributed by atoms with Crippen LogP contribution in [0.3, 0.4) is 0 Å². The number of nitrogens with one attached hydrogen (secondary N) is 1. The molecule has 8 nitrogen and oxygen atoms in total. The number of carbonyl (C=O) groups is 1. The normalized spacial score (nSPS) is 19.8. The molecular formula is C23H22N4O4S2. The monoisotopic (exact) mass is 482 g/mol. The van der Waals surface area contributed by atoms with E-state index < -0.39 is 0 Å². The molecule has 0 radical (unpaired) electrons. The van der Waals surface area contributed by atoms with Crippen molar-refractivity contribution in [3.63, 3.8) is 0 Å². The molecule has 3 aromatic heterocycles. The second-order valence-corrected chi connectivity index (χ2v) is 9.60. The molecule has 1 atom stereocenters. The predicted molar refractivity (Wildman–Crippen MR) is 131 cm³/mol. The Morgan fingerprint density at radius 2 is 2.21 bits per heavy atom. The van der Waals surface area contributed by atoms with E-state index in [1.807, 2.05) is 19.1 Å². The van der Waals surface area contributed by atoms with Gasteiger partial charge in [-0.15, -0.1) is 0 Å². The van der Waals surface area contributed by atoms with E-state index in [2.05, 4.69) is 5.32 Å². The first-order valence-corrected chi connectivity index (χ1v) is 11.9.